The Morgan fingerprint density at radius 3 is 2.65 bits per heavy atom. The maximum Gasteiger partial charge on any atom is 0.319 e. The highest BCUT2D eigenvalue weighted by atomic mass is 32.1. The Kier molecular flexibility index (Phi) is 4.70. The zero-order valence-corrected chi connectivity index (χ0v) is 12.2. The third-order valence-corrected chi connectivity index (χ3v) is 3.39. The fourth-order valence-corrected chi connectivity index (χ4v) is 2.26. The highest BCUT2D eigenvalue weighted by Crippen LogP contribution is 2.22. The van der Waals surface area contributed by atoms with Crippen molar-refractivity contribution >= 4 is 23.1 Å². The van der Waals surface area contributed by atoms with Gasteiger partial charge in [-0.3, -0.25) is 0 Å². The standard InChI is InChI=1S/C14H17N3O2S/c1-9(18)7-15-14(19)17-12-5-3-11(4-6-12)13-8-20-10(2)16-13/h3-6,8-9,18H,7H2,1-2H3,(H2,15,17,19). The number of benzene rings is 1. The van der Waals surface area contributed by atoms with E-state index in [1.165, 1.54) is 0 Å². The Morgan fingerprint density at radius 1 is 1.40 bits per heavy atom. The largest absolute Gasteiger partial charge is 0.392 e. The lowest BCUT2D eigenvalue weighted by atomic mass is 10.1. The summed E-state index contributed by atoms with van der Waals surface area (Å²) >= 11 is 1.61. The Balaban J connectivity index is 1.96. The van der Waals surface area contributed by atoms with E-state index in [4.69, 9.17) is 5.11 Å². The number of anilines is 1. The first kappa shape index (κ1) is 14.5. The summed E-state index contributed by atoms with van der Waals surface area (Å²) in [6, 6.07) is 7.15. The van der Waals surface area contributed by atoms with Gasteiger partial charge in [0.15, 0.2) is 0 Å². The van der Waals surface area contributed by atoms with Crippen LogP contribution >= 0.6 is 11.3 Å². The number of carbonyl (C=O) groups excluding carboxylic acids is 1. The number of aryl methyl sites for hydroxylation is 1. The lowest BCUT2D eigenvalue weighted by molar-refractivity contribution is 0.190. The van der Waals surface area contributed by atoms with Crippen molar-refractivity contribution in [1.82, 2.24) is 10.3 Å². The molecule has 0 aliphatic carbocycles. The van der Waals surface area contributed by atoms with E-state index < -0.39 is 6.10 Å². The van der Waals surface area contributed by atoms with Crippen LogP contribution in [0.2, 0.25) is 0 Å². The van der Waals surface area contributed by atoms with Gasteiger partial charge in [0.2, 0.25) is 0 Å². The first-order valence-corrected chi connectivity index (χ1v) is 7.18. The molecule has 1 unspecified atom stereocenters. The summed E-state index contributed by atoms with van der Waals surface area (Å²) < 4.78 is 0. The van der Waals surface area contributed by atoms with Crippen molar-refractivity contribution < 1.29 is 9.90 Å². The van der Waals surface area contributed by atoms with Gasteiger partial charge in [-0.25, -0.2) is 9.78 Å². The molecule has 0 saturated heterocycles. The number of aliphatic hydroxyl groups excluding tert-OH is 1. The van der Waals surface area contributed by atoms with E-state index in [1.54, 1.807) is 18.3 Å². The molecular formula is C14H17N3O2S. The molecule has 0 fully saturated rings. The Morgan fingerprint density at radius 2 is 2.10 bits per heavy atom. The number of nitrogens with zero attached hydrogens (tertiary/aromatic N) is 1. The molecule has 106 valence electrons. The van der Waals surface area contributed by atoms with Gasteiger partial charge in [0.05, 0.1) is 16.8 Å². The minimum Gasteiger partial charge on any atom is -0.392 e. The highest BCUT2D eigenvalue weighted by Gasteiger charge is 2.05. The quantitative estimate of drug-likeness (QED) is 0.810. The second-order valence-electron chi connectivity index (χ2n) is 4.51. The van der Waals surface area contributed by atoms with E-state index in [1.807, 2.05) is 36.6 Å². The lowest BCUT2D eigenvalue weighted by Crippen LogP contribution is -2.34. The molecular weight excluding hydrogens is 274 g/mol. The predicted octanol–water partition coefficient (Wildman–Crippen LogP) is 2.62. The summed E-state index contributed by atoms with van der Waals surface area (Å²) in [4.78, 5) is 15.9. The number of rotatable bonds is 4. The predicted molar refractivity (Wildman–Crippen MR) is 81.0 cm³/mol. The molecule has 0 spiro atoms. The minimum atomic E-state index is -0.559. The zero-order valence-electron chi connectivity index (χ0n) is 11.4. The van der Waals surface area contributed by atoms with E-state index in [-0.39, 0.29) is 12.6 Å². The SMILES string of the molecule is Cc1nc(-c2ccc(NC(=O)NCC(C)O)cc2)cs1. The lowest BCUT2D eigenvalue weighted by Gasteiger charge is -2.09. The average molecular weight is 291 g/mol. The van der Waals surface area contributed by atoms with Crippen LogP contribution in [0.1, 0.15) is 11.9 Å². The van der Waals surface area contributed by atoms with E-state index >= 15 is 0 Å². The molecule has 1 aromatic carbocycles. The summed E-state index contributed by atoms with van der Waals surface area (Å²) in [6.45, 7) is 3.81. The Bertz CT molecular complexity index is 578. The fourth-order valence-electron chi connectivity index (χ4n) is 1.64. The van der Waals surface area contributed by atoms with Crippen molar-refractivity contribution in [2.45, 2.75) is 20.0 Å². The smallest absolute Gasteiger partial charge is 0.319 e. The van der Waals surface area contributed by atoms with Gasteiger partial charge in [0.1, 0.15) is 0 Å². The number of urea groups is 1. The molecule has 20 heavy (non-hydrogen) atoms. The van der Waals surface area contributed by atoms with Gasteiger partial charge in [-0.2, -0.15) is 0 Å². The summed E-state index contributed by atoms with van der Waals surface area (Å²) in [5, 5.41) is 17.4. The number of aromatic nitrogens is 1. The van der Waals surface area contributed by atoms with Crippen molar-refractivity contribution in [2.24, 2.45) is 0 Å². The van der Waals surface area contributed by atoms with E-state index in [0.29, 0.717) is 5.69 Å². The topological polar surface area (TPSA) is 74.2 Å². The summed E-state index contributed by atoms with van der Waals surface area (Å²) in [7, 11) is 0. The third kappa shape index (κ3) is 4.04. The van der Waals surface area contributed by atoms with Gasteiger partial charge in [-0.1, -0.05) is 12.1 Å². The molecule has 0 radical (unpaired) electrons. The molecule has 2 rings (SSSR count). The monoisotopic (exact) mass is 291 g/mol. The van der Waals surface area contributed by atoms with E-state index in [2.05, 4.69) is 15.6 Å². The van der Waals surface area contributed by atoms with Crippen LogP contribution in [0.15, 0.2) is 29.6 Å². The molecule has 2 amide bonds. The molecule has 1 heterocycles. The molecule has 2 aromatic rings. The maximum absolute atomic E-state index is 11.5. The number of hydrogen-bond donors (Lipinski definition) is 3. The van der Waals surface area contributed by atoms with Crippen LogP contribution in [0.25, 0.3) is 11.3 Å². The number of carbonyl (C=O) groups is 1. The maximum atomic E-state index is 11.5. The number of thiazole rings is 1. The molecule has 0 saturated carbocycles. The van der Waals surface area contributed by atoms with Gasteiger partial charge < -0.3 is 15.7 Å². The van der Waals surface area contributed by atoms with Gasteiger partial charge in [0.25, 0.3) is 0 Å². The van der Waals surface area contributed by atoms with E-state index in [0.717, 1.165) is 16.3 Å². The van der Waals surface area contributed by atoms with Gasteiger partial charge >= 0.3 is 6.03 Å². The molecule has 0 aliphatic rings. The Labute approximate surface area is 121 Å². The average Bonchev–Trinajstić information content (AvgIpc) is 2.84. The van der Waals surface area contributed by atoms with Crippen LogP contribution in [-0.4, -0.2) is 28.8 Å². The second kappa shape index (κ2) is 6.49. The zero-order chi connectivity index (χ0) is 14.5. The van der Waals surface area contributed by atoms with Crippen LogP contribution < -0.4 is 10.6 Å². The number of aliphatic hydroxyl groups is 1. The van der Waals surface area contributed by atoms with Gasteiger partial charge in [-0.15, -0.1) is 11.3 Å². The van der Waals surface area contributed by atoms with Crippen LogP contribution in [0.5, 0.6) is 0 Å². The third-order valence-electron chi connectivity index (χ3n) is 2.62. The highest BCUT2D eigenvalue weighted by molar-refractivity contribution is 7.09. The van der Waals surface area contributed by atoms with Crippen LogP contribution in [0.3, 0.4) is 0 Å². The van der Waals surface area contributed by atoms with Crippen molar-refractivity contribution in [3.8, 4) is 11.3 Å². The van der Waals surface area contributed by atoms with Crippen LogP contribution in [0, 0.1) is 6.92 Å². The normalized spacial score (nSPS) is 11.9. The second-order valence-corrected chi connectivity index (χ2v) is 5.58. The fraction of sp³-hybridized carbons (Fsp3) is 0.286. The summed E-state index contributed by atoms with van der Waals surface area (Å²) in [5.41, 5.74) is 2.66. The summed E-state index contributed by atoms with van der Waals surface area (Å²) in [5.74, 6) is 0. The number of nitrogens with one attached hydrogen (secondary N) is 2. The molecule has 5 nitrogen and oxygen atoms in total. The van der Waals surface area contributed by atoms with Crippen molar-refractivity contribution in [3.05, 3.63) is 34.7 Å². The Hall–Kier alpha value is -1.92. The van der Waals surface area contributed by atoms with Gasteiger partial charge in [-0.05, 0) is 26.0 Å². The van der Waals surface area contributed by atoms with Crippen molar-refractivity contribution in [3.63, 3.8) is 0 Å². The van der Waals surface area contributed by atoms with Crippen LogP contribution in [0.4, 0.5) is 10.5 Å². The molecule has 0 bridgehead atoms. The number of hydrogen-bond acceptors (Lipinski definition) is 4. The van der Waals surface area contributed by atoms with Crippen molar-refractivity contribution in [2.75, 3.05) is 11.9 Å². The van der Waals surface area contributed by atoms with Gasteiger partial charge in [0, 0.05) is 23.2 Å². The summed E-state index contributed by atoms with van der Waals surface area (Å²) in [6.07, 6.45) is -0.559. The molecule has 1 atom stereocenters. The van der Waals surface area contributed by atoms with Crippen molar-refractivity contribution in [1.29, 1.82) is 0 Å². The molecule has 6 heteroatoms. The molecule has 1 aromatic heterocycles. The van der Waals surface area contributed by atoms with E-state index in [9.17, 15) is 4.79 Å². The van der Waals surface area contributed by atoms with Crippen LogP contribution in [-0.2, 0) is 0 Å². The minimum absolute atomic E-state index is 0.224. The first-order chi connectivity index (χ1) is 9.54. The molecule has 3 N–H and O–H groups in total. The number of amides is 2. The molecule has 0 aliphatic heterocycles. The first-order valence-electron chi connectivity index (χ1n) is 6.30.